The van der Waals surface area contributed by atoms with Crippen LogP contribution in [0.15, 0.2) is 35.6 Å². The molecule has 128 valence electrons. The van der Waals surface area contributed by atoms with Gasteiger partial charge in [0.2, 0.25) is 0 Å². The number of ether oxygens (including phenoxy) is 3. The Balaban J connectivity index is 0.00000146. The molecule has 1 saturated heterocycles. The number of hydrogen-bond donors (Lipinski definition) is 0. The Labute approximate surface area is 152 Å². The molecule has 0 radical (unpaired) electrons. The first kappa shape index (κ1) is 16.1. The minimum Gasteiger partial charge on any atom is -0.497 e. The molecule has 0 N–H and O–H groups in total. The number of likely N-dealkylation sites (N-methyl/N-ethyl adjacent to an activating group) is 1. The zero-order chi connectivity index (χ0) is 15.8. The van der Waals surface area contributed by atoms with Crippen LogP contribution in [0.4, 0.5) is 0 Å². The van der Waals surface area contributed by atoms with Gasteiger partial charge in [-0.25, -0.2) is 0 Å². The van der Waals surface area contributed by atoms with Gasteiger partial charge in [-0.05, 0) is 49.7 Å². The molecule has 1 aromatic carbocycles. The van der Waals surface area contributed by atoms with Gasteiger partial charge < -0.3 is 14.2 Å². The molecular formula is C19H21FeNO3. The minimum absolute atomic E-state index is 0. The Morgan fingerprint density at radius 1 is 1.21 bits per heavy atom. The summed E-state index contributed by atoms with van der Waals surface area (Å²) in [5.41, 5.74) is 4.15. The molecule has 1 aromatic rings. The molecule has 0 amide bonds. The number of benzene rings is 1. The van der Waals surface area contributed by atoms with Crippen molar-refractivity contribution in [2.75, 3.05) is 27.8 Å². The van der Waals surface area contributed by atoms with Gasteiger partial charge in [0.1, 0.15) is 5.76 Å². The largest absolute Gasteiger partial charge is 0.497 e. The van der Waals surface area contributed by atoms with Crippen LogP contribution in [0.3, 0.4) is 0 Å². The Bertz CT molecular complexity index is 772. The van der Waals surface area contributed by atoms with E-state index in [9.17, 15) is 0 Å². The van der Waals surface area contributed by atoms with Gasteiger partial charge in [0.15, 0.2) is 17.6 Å². The number of methoxy groups -OCH3 is 2. The van der Waals surface area contributed by atoms with E-state index in [1.165, 1.54) is 16.7 Å². The number of allylic oxidation sites excluding steroid dienone is 2. The molecule has 1 spiro atoms. The zero-order valence-corrected chi connectivity index (χ0v) is 15.2. The normalized spacial score (nSPS) is 32.0. The fourth-order valence-electron chi connectivity index (χ4n) is 5.10. The van der Waals surface area contributed by atoms with Crippen LogP contribution in [-0.2, 0) is 33.6 Å². The maximum absolute atomic E-state index is 6.46. The standard InChI is InChI=1S/C19H21NO3.Fe/c1-20-9-8-19-12-5-7-15(22-3)18(19)23-17-14(21-2)6-4-11(16(17)19)10-13(12)20;/h4-7,13,18H,8-10H2,1-3H3;/t13-,18+,19+;/m1./s1. The van der Waals surface area contributed by atoms with E-state index in [1.54, 1.807) is 14.2 Å². The Hall–Kier alpha value is -1.42. The van der Waals surface area contributed by atoms with Gasteiger partial charge in [-0.2, -0.15) is 0 Å². The first-order valence-electron chi connectivity index (χ1n) is 8.24. The summed E-state index contributed by atoms with van der Waals surface area (Å²) in [4.78, 5) is 2.48. The summed E-state index contributed by atoms with van der Waals surface area (Å²) >= 11 is 0. The molecule has 0 saturated carbocycles. The third kappa shape index (κ3) is 1.68. The van der Waals surface area contributed by atoms with Crippen molar-refractivity contribution in [3.63, 3.8) is 0 Å². The van der Waals surface area contributed by atoms with E-state index in [4.69, 9.17) is 14.2 Å². The van der Waals surface area contributed by atoms with E-state index >= 15 is 0 Å². The van der Waals surface area contributed by atoms with Gasteiger partial charge in [-0.3, -0.25) is 4.90 Å². The summed E-state index contributed by atoms with van der Waals surface area (Å²) in [6.07, 6.45) is 6.41. The van der Waals surface area contributed by atoms with Crippen LogP contribution < -0.4 is 9.47 Å². The molecule has 1 fully saturated rings. The third-order valence-electron chi connectivity index (χ3n) is 6.16. The first-order chi connectivity index (χ1) is 11.2. The summed E-state index contributed by atoms with van der Waals surface area (Å²) in [7, 11) is 5.68. The molecular weight excluding hydrogens is 346 g/mol. The smallest absolute Gasteiger partial charge is 0.169 e. The number of hydrogen-bond acceptors (Lipinski definition) is 4. The number of rotatable bonds is 2. The summed E-state index contributed by atoms with van der Waals surface area (Å²) < 4.78 is 17.7. The van der Waals surface area contributed by atoms with Crippen molar-refractivity contribution in [3.05, 3.63) is 46.7 Å². The summed E-state index contributed by atoms with van der Waals surface area (Å²) in [5.74, 6) is 2.68. The molecule has 2 bridgehead atoms. The second-order valence-corrected chi connectivity index (χ2v) is 6.95. The first-order valence-corrected chi connectivity index (χ1v) is 8.24. The van der Waals surface area contributed by atoms with E-state index in [0.717, 1.165) is 36.6 Å². The molecule has 2 aliphatic heterocycles. The van der Waals surface area contributed by atoms with Gasteiger partial charge >= 0.3 is 0 Å². The van der Waals surface area contributed by atoms with Crippen LogP contribution in [-0.4, -0.2) is 44.9 Å². The van der Waals surface area contributed by atoms with Crippen molar-refractivity contribution >= 4 is 0 Å². The predicted octanol–water partition coefficient (Wildman–Crippen LogP) is 2.42. The van der Waals surface area contributed by atoms with Crippen molar-refractivity contribution in [2.24, 2.45) is 0 Å². The van der Waals surface area contributed by atoms with Crippen LogP contribution in [0.2, 0.25) is 0 Å². The molecule has 5 rings (SSSR count). The number of likely N-dealkylation sites (tertiary alicyclic amines) is 1. The molecule has 4 aliphatic rings. The SMILES string of the molecule is COC1=CC=C2[C@H]3Cc4ccc(OC)c5c4[C@@]2(CCN3C)[C@H]1O5.[Fe]. The minimum atomic E-state index is -0.0747. The summed E-state index contributed by atoms with van der Waals surface area (Å²) in [6.45, 7) is 1.08. The fourth-order valence-corrected chi connectivity index (χ4v) is 5.10. The third-order valence-corrected chi connectivity index (χ3v) is 6.16. The number of piperidine rings is 1. The van der Waals surface area contributed by atoms with Gasteiger partial charge in [-0.15, -0.1) is 0 Å². The van der Waals surface area contributed by atoms with Gasteiger partial charge in [0.05, 0.1) is 19.6 Å². The summed E-state index contributed by atoms with van der Waals surface area (Å²) in [6, 6.07) is 4.72. The topological polar surface area (TPSA) is 30.9 Å². The molecule has 0 unspecified atom stereocenters. The van der Waals surface area contributed by atoms with E-state index in [2.05, 4.69) is 30.2 Å². The molecule has 2 aliphatic carbocycles. The number of nitrogens with zero attached hydrogens (tertiary/aromatic N) is 1. The van der Waals surface area contributed by atoms with Crippen molar-refractivity contribution in [1.82, 2.24) is 4.90 Å². The average Bonchev–Trinajstić information content (AvgIpc) is 2.92. The van der Waals surface area contributed by atoms with Crippen LogP contribution in [0.1, 0.15) is 17.5 Å². The van der Waals surface area contributed by atoms with Crippen LogP contribution in [0, 0.1) is 0 Å². The second kappa shape index (κ2) is 5.29. The maximum Gasteiger partial charge on any atom is 0.169 e. The molecule has 3 atom stereocenters. The van der Waals surface area contributed by atoms with Crippen molar-refractivity contribution in [2.45, 2.75) is 30.4 Å². The van der Waals surface area contributed by atoms with Gasteiger partial charge in [0, 0.05) is 28.7 Å². The predicted molar refractivity (Wildman–Crippen MR) is 87.0 cm³/mol. The maximum atomic E-state index is 6.46. The van der Waals surface area contributed by atoms with Crippen LogP contribution >= 0.6 is 0 Å². The Kier molecular flexibility index (Phi) is 3.54. The zero-order valence-electron chi connectivity index (χ0n) is 14.1. The molecule has 0 aromatic heterocycles. The Morgan fingerprint density at radius 2 is 2.04 bits per heavy atom. The molecule has 4 nitrogen and oxygen atoms in total. The Morgan fingerprint density at radius 3 is 2.79 bits per heavy atom. The van der Waals surface area contributed by atoms with E-state index < -0.39 is 0 Å². The fraction of sp³-hybridized carbons (Fsp3) is 0.474. The van der Waals surface area contributed by atoms with Crippen LogP contribution in [0.25, 0.3) is 0 Å². The average molecular weight is 367 g/mol. The van der Waals surface area contributed by atoms with E-state index in [1.807, 2.05) is 6.07 Å². The van der Waals surface area contributed by atoms with Gasteiger partial charge in [0.25, 0.3) is 0 Å². The molecule has 24 heavy (non-hydrogen) atoms. The molecule has 5 heteroatoms. The molecule has 2 heterocycles. The monoisotopic (exact) mass is 367 g/mol. The van der Waals surface area contributed by atoms with Crippen molar-refractivity contribution < 1.29 is 31.3 Å². The van der Waals surface area contributed by atoms with E-state index in [0.29, 0.717) is 6.04 Å². The summed E-state index contributed by atoms with van der Waals surface area (Å²) in [5, 5.41) is 0. The quantitative estimate of drug-likeness (QED) is 0.752. The van der Waals surface area contributed by atoms with Crippen molar-refractivity contribution in [3.8, 4) is 11.5 Å². The van der Waals surface area contributed by atoms with E-state index in [-0.39, 0.29) is 28.6 Å². The van der Waals surface area contributed by atoms with Gasteiger partial charge in [-0.1, -0.05) is 12.1 Å². The van der Waals surface area contributed by atoms with Crippen molar-refractivity contribution in [1.29, 1.82) is 0 Å². The van der Waals surface area contributed by atoms with Crippen LogP contribution in [0.5, 0.6) is 11.5 Å². The second-order valence-electron chi connectivity index (χ2n) is 6.95.